The Hall–Kier alpha value is -4.79. The Morgan fingerprint density at radius 2 is 1.12 bits per heavy atom. The van der Waals surface area contributed by atoms with E-state index >= 15 is 0 Å². The van der Waals surface area contributed by atoms with Crippen LogP contribution in [0.15, 0.2) is 97.5 Å². The van der Waals surface area contributed by atoms with Crippen LogP contribution >= 0.6 is 0 Å². The van der Waals surface area contributed by atoms with Crippen molar-refractivity contribution in [3.05, 3.63) is 142 Å². The highest BCUT2D eigenvalue weighted by Crippen LogP contribution is 2.38. The minimum atomic E-state index is -0.251. The smallest absolute Gasteiger partial charge is 0.140 e. The number of pyridine rings is 3. The maximum atomic E-state index is 11.9. The van der Waals surface area contributed by atoms with Gasteiger partial charge in [-0.1, -0.05) is 89.6 Å². The van der Waals surface area contributed by atoms with Crippen molar-refractivity contribution in [1.82, 2.24) is 24.9 Å². The Kier molecular flexibility index (Phi) is 11.0. The highest BCUT2D eigenvalue weighted by Gasteiger charge is 2.26. The lowest BCUT2D eigenvalue weighted by molar-refractivity contribution is 0.237. The van der Waals surface area contributed by atoms with Crippen LogP contribution in [-0.4, -0.2) is 35.1 Å². The average Bonchev–Trinajstić information content (AvgIpc) is 3.04. The van der Waals surface area contributed by atoms with E-state index in [0.29, 0.717) is 44.3 Å². The van der Waals surface area contributed by atoms with Crippen molar-refractivity contribution in [3.63, 3.8) is 0 Å². The molecule has 49 heavy (non-hydrogen) atoms. The molecule has 8 heteroatoms. The average molecular weight is 659 g/mol. The van der Waals surface area contributed by atoms with Crippen LogP contribution in [0.3, 0.4) is 0 Å². The number of aryl methyl sites for hydroxylation is 1. The lowest BCUT2D eigenvalue weighted by Gasteiger charge is -2.30. The first-order valence-electron chi connectivity index (χ1n) is 16.9. The minimum Gasteiger partial charge on any atom is -0.507 e. The molecule has 256 valence electrons. The molecule has 0 spiro atoms. The predicted octanol–water partition coefficient (Wildman–Crippen LogP) is 8.42. The van der Waals surface area contributed by atoms with Crippen molar-refractivity contribution >= 4 is 5.82 Å². The summed E-state index contributed by atoms with van der Waals surface area (Å²) in [5.74, 6) is 1.21. The number of benzene rings is 2. The zero-order chi connectivity index (χ0) is 35.2. The highest BCUT2D eigenvalue weighted by molar-refractivity contribution is 5.49. The van der Waals surface area contributed by atoms with Gasteiger partial charge < -0.3 is 15.6 Å². The summed E-state index contributed by atoms with van der Waals surface area (Å²) in [7, 11) is 0. The summed E-state index contributed by atoms with van der Waals surface area (Å²) in [5, 5.41) is 25.5. The summed E-state index contributed by atoms with van der Waals surface area (Å²) in [6, 6.07) is 25.9. The summed E-state index contributed by atoms with van der Waals surface area (Å²) in [6.07, 6.45) is 5.36. The second-order valence-corrected chi connectivity index (χ2v) is 14.9. The molecule has 0 amide bonds. The number of aromatic nitrogens is 3. The van der Waals surface area contributed by atoms with Crippen LogP contribution < -0.4 is 5.43 Å². The van der Waals surface area contributed by atoms with Gasteiger partial charge in [0, 0.05) is 68.0 Å². The normalized spacial score (nSPS) is 12.1. The van der Waals surface area contributed by atoms with E-state index < -0.39 is 0 Å². The largest absolute Gasteiger partial charge is 0.507 e. The van der Waals surface area contributed by atoms with E-state index in [1.54, 1.807) is 18.6 Å². The van der Waals surface area contributed by atoms with Gasteiger partial charge in [0.05, 0.1) is 11.4 Å². The second-order valence-electron chi connectivity index (χ2n) is 14.9. The molecule has 3 heterocycles. The monoisotopic (exact) mass is 658 g/mol. The third-order valence-corrected chi connectivity index (χ3v) is 8.55. The fraction of sp³-hybridized carbons (Fsp3) is 0.341. The van der Waals surface area contributed by atoms with Crippen LogP contribution in [0.1, 0.15) is 86.3 Å². The molecule has 0 unspecified atom stereocenters. The molecule has 3 N–H and O–H groups in total. The Balaban J connectivity index is 1.50. The SMILES string of the molecule is Cc1cc(CN(Cc2ccccn2)Cc2ccccn2)c(O)c(CN(Cc2cc(C(C)(C)C)cc(C(C)(C)C)c2O)Nc2ccccn2)c1. The molecular weight excluding hydrogens is 608 g/mol. The summed E-state index contributed by atoms with van der Waals surface area (Å²) in [6.45, 7) is 17.5. The van der Waals surface area contributed by atoms with E-state index in [9.17, 15) is 10.2 Å². The summed E-state index contributed by atoms with van der Waals surface area (Å²) >= 11 is 0. The summed E-state index contributed by atoms with van der Waals surface area (Å²) in [5.41, 5.74) is 10.5. The predicted molar refractivity (Wildman–Crippen MR) is 197 cm³/mol. The van der Waals surface area contributed by atoms with E-state index in [1.807, 2.05) is 71.7 Å². The van der Waals surface area contributed by atoms with Gasteiger partial charge in [0.2, 0.25) is 0 Å². The Morgan fingerprint density at radius 3 is 1.61 bits per heavy atom. The number of phenolic OH excluding ortho intramolecular Hbond substituents is 2. The van der Waals surface area contributed by atoms with Gasteiger partial charge in [-0.15, -0.1) is 0 Å². The number of phenols is 2. The zero-order valence-electron chi connectivity index (χ0n) is 29.9. The van der Waals surface area contributed by atoms with Crippen molar-refractivity contribution in [1.29, 1.82) is 0 Å². The Labute approximate surface area is 291 Å². The van der Waals surface area contributed by atoms with Gasteiger partial charge in [0.1, 0.15) is 17.3 Å². The maximum absolute atomic E-state index is 11.9. The number of anilines is 1. The minimum absolute atomic E-state index is 0.109. The number of nitrogens with zero attached hydrogens (tertiary/aromatic N) is 5. The fourth-order valence-corrected chi connectivity index (χ4v) is 5.98. The number of rotatable bonds is 12. The van der Waals surface area contributed by atoms with Gasteiger partial charge in [-0.3, -0.25) is 14.9 Å². The maximum Gasteiger partial charge on any atom is 0.140 e. The van der Waals surface area contributed by atoms with Crippen molar-refractivity contribution in [2.75, 3.05) is 5.43 Å². The fourth-order valence-electron chi connectivity index (χ4n) is 5.98. The molecule has 0 aliphatic rings. The molecule has 0 atom stereocenters. The molecule has 2 aromatic carbocycles. The Morgan fingerprint density at radius 1 is 0.592 bits per heavy atom. The first-order chi connectivity index (χ1) is 23.3. The van der Waals surface area contributed by atoms with Gasteiger partial charge in [-0.2, -0.15) is 0 Å². The molecule has 0 saturated carbocycles. The van der Waals surface area contributed by atoms with E-state index in [0.717, 1.165) is 44.8 Å². The molecule has 8 nitrogen and oxygen atoms in total. The van der Waals surface area contributed by atoms with Crippen molar-refractivity contribution in [2.45, 2.75) is 92.0 Å². The molecule has 0 saturated heterocycles. The molecule has 0 aliphatic heterocycles. The van der Waals surface area contributed by atoms with Gasteiger partial charge >= 0.3 is 0 Å². The molecular formula is C41H50N6O2. The summed E-state index contributed by atoms with van der Waals surface area (Å²) < 4.78 is 0. The molecule has 0 fully saturated rings. The van der Waals surface area contributed by atoms with Crippen LogP contribution in [0.25, 0.3) is 0 Å². The number of hydrazine groups is 1. The van der Waals surface area contributed by atoms with Crippen molar-refractivity contribution in [2.24, 2.45) is 0 Å². The third kappa shape index (κ3) is 9.65. The summed E-state index contributed by atoms with van der Waals surface area (Å²) in [4.78, 5) is 15.9. The van der Waals surface area contributed by atoms with Gasteiger partial charge in [0.15, 0.2) is 0 Å². The number of nitrogens with one attached hydrogen (secondary N) is 1. The molecule has 0 bridgehead atoms. The van der Waals surface area contributed by atoms with Crippen LogP contribution in [0, 0.1) is 6.92 Å². The first kappa shape index (κ1) is 35.5. The van der Waals surface area contributed by atoms with Crippen LogP contribution in [0.5, 0.6) is 11.5 Å². The molecule has 3 aromatic heterocycles. The van der Waals surface area contributed by atoms with Crippen molar-refractivity contribution < 1.29 is 10.2 Å². The quantitative estimate of drug-likeness (QED) is 0.115. The van der Waals surface area contributed by atoms with E-state index in [1.165, 1.54) is 0 Å². The standard InChI is InChI=1S/C41H50N6O2/c1-29-20-30(24-46(27-34-14-8-11-17-42-34)28-35-15-9-12-18-43-35)38(48)31(21-29)25-47(45-37-16-10-13-19-44-37)26-32-22-33(40(2,3)4)23-36(39(32)49)41(5,6)7/h8-23,48-49H,24-28H2,1-7H3,(H,44,45). The molecule has 0 radical (unpaired) electrons. The number of aromatic hydroxyl groups is 2. The number of hydrogen-bond donors (Lipinski definition) is 3. The number of hydrogen-bond acceptors (Lipinski definition) is 8. The second kappa shape index (κ2) is 15.2. The lowest BCUT2D eigenvalue weighted by Crippen LogP contribution is -2.30. The first-order valence-corrected chi connectivity index (χ1v) is 16.9. The molecule has 5 aromatic rings. The van der Waals surface area contributed by atoms with Gasteiger partial charge in [0.25, 0.3) is 0 Å². The molecule has 0 aliphatic carbocycles. The van der Waals surface area contributed by atoms with E-state index in [4.69, 9.17) is 0 Å². The van der Waals surface area contributed by atoms with E-state index in [2.05, 4.69) is 85.9 Å². The third-order valence-electron chi connectivity index (χ3n) is 8.55. The lowest BCUT2D eigenvalue weighted by atomic mass is 9.79. The van der Waals surface area contributed by atoms with Crippen LogP contribution in [-0.2, 0) is 43.6 Å². The van der Waals surface area contributed by atoms with Crippen LogP contribution in [0.4, 0.5) is 5.82 Å². The Bertz CT molecular complexity index is 1780. The molecule has 5 rings (SSSR count). The van der Waals surface area contributed by atoms with E-state index in [-0.39, 0.29) is 16.6 Å². The topological polar surface area (TPSA) is 97.6 Å². The zero-order valence-corrected chi connectivity index (χ0v) is 29.9. The van der Waals surface area contributed by atoms with Gasteiger partial charge in [-0.05, 0) is 65.3 Å². The van der Waals surface area contributed by atoms with Crippen LogP contribution in [0.2, 0.25) is 0 Å². The highest BCUT2D eigenvalue weighted by atomic mass is 16.3. The van der Waals surface area contributed by atoms with Crippen molar-refractivity contribution in [3.8, 4) is 11.5 Å². The van der Waals surface area contributed by atoms with Gasteiger partial charge in [-0.25, -0.2) is 9.99 Å².